The van der Waals surface area contributed by atoms with Gasteiger partial charge in [0.25, 0.3) is 0 Å². The van der Waals surface area contributed by atoms with E-state index < -0.39 is 0 Å². The van der Waals surface area contributed by atoms with Crippen LogP contribution in [0.3, 0.4) is 0 Å². The largest absolute Gasteiger partial charge is 0.377 e. The van der Waals surface area contributed by atoms with Gasteiger partial charge >= 0.3 is 0 Å². The first kappa shape index (κ1) is 13.8. The van der Waals surface area contributed by atoms with Gasteiger partial charge in [0.2, 0.25) is 0 Å². The van der Waals surface area contributed by atoms with E-state index in [4.69, 9.17) is 4.74 Å². The lowest BCUT2D eigenvalue weighted by atomic mass is 10.2. The van der Waals surface area contributed by atoms with Gasteiger partial charge in [0.1, 0.15) is 11.6 Å². The normalized spacial score (nSPS) is 23.1. The minimum atomic E-state index is 0.378. The molecule has 5 nitrogen and oxygen atoms in total. The average molecular weight is 276 g/mol. The fourth-order valence-corrected chi connectivity index (χ4v) is 2.66. The lowest BCUT2D eigenvalue weighted by Gasteiger charge is -2.37. The van der Waals surface area contributed by atoms with Crippen LogP contribution in [0, 0.1) is 6.92 Å². The Kier molecular flexibility index (Phi) is 4.17. The summed E-state index contributed by atoms with van der Waals surface area (Å²) in [5, 5.41) is 3.60. The Morgan fingerprint density at radius 3 is 3.00 bits per heavy atom. The molecule has 0 spiro atoms. The molecular weight excluding hydrogens is 252 g/mol. The van der Waals surface area contributed by atoms with Gasteiger partial charge in [-0.2, -0.15) is 0 Å². The van der Waals surface area contributed by atoms with Crippen molar-refractivity contribution >= 4 is 5.82 Å². The molecule has 1 aliphatic carbocycles. The summed E-state index contributed by atoms with van der Waals surface area (Å²) in [7, 11) is 0. The smallest absolute Gasteiger partial charge is 0.132 e. The van der Waals surface area contributed by atoms with Gasteiger partial charge in [0.15, 0.2) is 0 Å². The number of morpholine rings is 1. The molecule has 20 heavy (non-hydrogen) atoms. The van der Waals surface area contributed by atoms with Gasteiger partial charge in [-0.1, -0.05) is 6.92 Å². The van der Waals surface area contributed by atoms with Crippen molar-refractivity contribution in [2.75, 3.05) is 31.2 Å². The van der Waals surface area contributed by atoms with Gasteiger partial charge in [-0.3, -0.25) is 0 Å². The first-order chi connectivity index (χ1) is 9.76. The Hall–Kier alpha value is -1.20. The highest BCUT2D eigenvalue weighted by Crippen LogP contribution is 2.21. The van der Waals surface area contributed by atoms with E-state index in [0.29, 0.717) is 6.04 Å². The lowest BCUT2D eigenvalue weighted by molar-refractivity contribution is 0.0932. The maximum atomic E-state index is 5.65. The van der Waals surface area contributed by atoms with Crippen molar-refractivity contribution in [3.63, 3.8) is 0 Å². The molecule has 110 valence electrons. The first-order valence-electron chi connectivity index (χ1n) is 7.68. The third-order valence-corrected chi connectivity index (χ3v) is 3.98. The van der Waals surface area contributed by atoms with Gasteiger partial charge in [-0.25, -0.2) is 9.97 Å². The zero-order chi connectivity index (χ0) is 13.9. The van der Waals surface area contributed by atoms with Crippen molar-refractivity contribution in [1.82, 2.24) is 15.3 Å². The second kappa shape index (κ2) is 6.06. The number of nitrogens with zero attached hydrogens (tertiary/aromatic N) is 3. The molecule has 5 heteroatoms. The molecule has 1 unspecified atom stereocenters. The molecular formula is C15H24N4O. The molecule has 3 rings (SSSR count). The topological polar surface area (TPSA) is 50.3 Å². The van der Waals surface area contributed by atoms with Crippen LogP contribution < -0.4 is 10.2 Å². The van der Waals surface area contributed by atoms with Crippen molar-refractivity contribution in [3.8, 4) is 0 Å². The van der Waals surface area contributed by atoms with Crippen molar-refractivity contribution in [2.45, 2.75) is 45.2 Å². The Morgan fingerprint density at radius 2 is 2.25 bits per heavy atom. The summed E-state index contributed by atoms with van der Waals surface area (Å²) in [6.07, 6.45) is 3.59. The van der Waals surface area contributed by atoms with E-state index in [-0.39, 0.29) is 0 Å². The number of rotatable bonds is 5. The number of aryl methyl sites for hydroxylation is 2. The molecule has 1 aromatic rings. The summed E-state index contributed by atoms with van der Waals surface area (Å²) in [5.74, 6) is 1.92. The van der Waals surface area contributed by atoms with Crippen LogP contribution in [0.2, 0.25) is 0 Å². The summed E-state index contributed by atoms with van der Waals surface area (Å²) in [5.41, 5.74) is 1.12. The summed E-state index contributed by atoms with van der Waals surface area (Å²) in [6.45, 7) is 7.57. The van der Waals surface area contributed by atoms with Gasteiger partial charge in [-0.15, -0.1) is 0 Å². The number of hydrogen-bond donors (Lipinski definition) is 1. The quantitative estimate of drug-likeness (QED) is 0.878. The van der Waals surface area contributed by atoms with Gasteiger partial charge in [0, 0.05) is 30.9 Å². The van der Waals surface area contributed by atoms with E-state index in [1.807, 2.05) is 6.92 Å². The van der Waals surface area contributed by atoms with E-state index in [9.17, 15) is 0 Å². The van der Waals surface area contributed by atoms with Gasteiger partial charge in [-0.05, 0) is 26.2 Å². The van der Waals surface area contributed by atoms with Crippen LogP contribution in [-0.2, 0) is 11.2 Å². The first-order valence-corrected chi connectivity index (χ1v) is 7.68. The summed E-state index contributed by atoms with van der Waals surface area (Å²) < 4.78 is 5.65. The minimum absolute atomic E-state index is 0.378. The van der Waals surface area contributed by atoms with E-state index >= 15 is 0 Å². The molecule has 1 aliphatic heterocycles. The van der Waals surface area contributed by atoms with Crippen LogP contribution in [0.25, 0.3) is 0 Å². The molecule has 1 saturated carbocycles. The van der Waals surface area contributed by atoms with Gasteiger partial charge < -0.3 is 15.0 Å². The number of nitrogens with one attached hydrogen (secondary N) is 1. The predicted molar refractivity (Wildman–Crippen MR) is 79.1 cm³/mol. The fraction of sp³-hybridized carbons (Fsp3) is 0.733. The van der Waals surface area contributed by atoms with Crippen LogP contribution >= 0.6 is 0 Å². The Balaban J connectivity index is 1.75. The Labute approximate surface area is 120 Å². The van der Waals surface area contributed by atoms with Crippen LogP contribution in [0.5, 0.6) is 0 Å². The molecule has 2 fully saturated rings. The third kappa shape index (κ3) is 3.27. The molecule has 0 aromatic carbocycles. The Morgan fingerprint density at radius 1 is 1.40 bits per heavy atom. The Bertz CT molecular complexity index is 461. The van der Waals surface area contributed by atoms with Crippen LogP contribution in [0.15, 0.2) is 6.07 Å². The second-order valence-electron chi connectivity index (χ2n) is 5.72. The minimum Gasteiger partial charge on any atom is -0.377 e. The molecule has 1 aromatic heterocycles. The molecule has 0 bridgehead atoms. The standard InChI is InChI=1S/C15H24N4O/c1-3-12-8-15(18-11(2)17-12)19-6-7-20-10-14(19)9-16-13-4-5-13/h8,13-14,16H,3-7,9-10H2,1-2H3. The number of hydrogen-bond acceptors (Lipinski definition) is 5. The highest BCUT2D eigenvalue weighted by atomic mass is 16.5. The van der Waals surface area contributed by atoms with E-state index in [1.54, 1.807) is 0 Å². The van der Waals surface area contributed by atoms with E-state index in [2.05, 4.69) is 33.2 Å². The monoisotopic (exact) mass is 276 g/mol. The van der Waals surface area contributed by atoms with Gasteiger partial charge in [0.05, 0.1) is 19.3 Å². The van der Waals surface area contributed by atoms with Crippen LogP contribution in [0.1, 0.15) is 31.3 Å². The summed E-state index contributed by atoms with van der Waals surface area (Å²) in [6, 6.07) is 3.24. The fourth-order valence-electron chi connectivity index (χ4n) is 2.66. The number of ether oxygens (including phenoxy) is 1. The van der Waals surface area contributed by atoms with Crippen LogP contribution in [-0.4, -0.2) is 48.4 Å². The maximum absolute atomic E-state index is 5.65. The number of anilines is 1. The molecule has 0 radical (unpaired) electrons. The maximum Gasteiger partial charge on any atom is 0.132 e. The zero-order valence-electron chi connectivity index (χ0n) is 12.4. The molecule has 1 N–H and O–H groups in total. The highest BCUT2D eigenvalue weighted by molar-refractivity contribution is 5.42. The summed E-state index contributed by atoms with van der Waals surface area (Å²) >= 11 is 0. The molecule has 2 heterocycles. The zero-order valence-corrected chi connectivity index (χ0v) is 12.4. The third-order valence-electron chi connectivity index (χ3n) is 3.98. The van der Waals surface area contributed by atoms with Crippen LogP contribution in [0.4, 0.5) is 5.82 Å². The second-order valence-corrected chi connectivity index (χ2v) is 5.72. The van der Waals surface area contributed by atoms with E-state index in [1.165, 1.54) is 12.8 Å². The summed E-state index contributed by atoms with van der Waals surface area (Å²) in [4.78, 5) is 11.5. The number of aromatic nitrogens is 2. The molecule has 1 atom stereocenters. The average Bonchev–Trinajstić information content (AvgIpc) is 3.29. The van der Waals surface area contributed by atoms with Crippen molar-refractivity contribution in [2.24, 2.45) is 0 Å². The lowest BCUT2D eigenvalue weighted by Crippen LogP contribution is -2.51. The molecule has 0 amide bonds. The SMILES string of the molecule is CCc1cc(N2CCOCC2CNC2CC2)nc(C)n1. The van der Waals surface area contributed by atoms with Crippen molar-refractivity contribution in [1.29, 1.82) is 0 Å². The predicted octanol–water partition coefficient (Wildman–Crippen LogP) is 1.30. The molecule has 2 aliphatic rings. The van der Waals surface area contributed by atoms with E-state index in [0.717, 1.165) is 56.1 Å². The highest BCUT2D eigenvalue weighted by Gasteiger charge is 2.27. The van der Waals surface area contributed by atoms with Crippen molar-refractivity contribution in [3.05, 3.63) is 17.6 Å². The van der Waals surface area contributed by atoms with Crippen molar-refractivity contribution < 1.29 is 4.74 Å². The molecule has 1 saturated heterocycles.